The van der Waals surface area contributed by atoms with Gasteiger partial charge in [0.1, 0.15) is 0 Å². The molecule has 0 aliphatic heterocycles. The van der Waals surface area contributed by atoms with Crippen molar-refractivity contribution < 1.29 is 13.6 Å². The van der Waals surface area contributed by atoms with Crippen LogP contribution >= 0.6 is 0 Å². The van der Waals surface area contributed by atoms with E-state index in [2.05, 4.69) is 0 Å². The quantitative estimate of drug-likeness (QED) is 0.605. The molecule has 0 aromatic carbocycles. The third kappa shape index (κ3) is 1.17. The third-order valence-corrected chi connectivity index (χ3v) is 1.14. The number of pyridine rings is 1. The van der Waals surface area contributed by atoms with Crippen LogP contribution < -0.4 is 5.56 Å². The number of aldehydes is 1. The molecule has 0 unspecified atom stereocenters. The highest BCUT2D eigenvalue weighted by Gasteiger charge is 2.10. The number of carbonyl (C=O) groups excluding carboxylic acids is 1. The van der Waals surface area contributed by atoms with Crippen molar-refractivity contribution in [2.75, 3.05) is 0 Å². The van der Waals surface area contributed by atoms with Gasteiger partial charge in [-0.3, -0.25) is 9.59 Å². The van der Waals surface area contributed by atoms with E-state index in [0.717, 1.165) is 0 Å². The fourth-order valence-corrected chi connectivity index (χ4v) is 0.605. The molecular weight excluding hydrogens is 156 g/mol. The number of aromatic nitrogens is 1. The molecule has 0 atom stereocenters. The Kier molecular flexibility index (Phi) is 1.80. The van der Waals surface area contributed by atoms with Crippen LogP contribution in [0.1, 0.15) is 10.4 Å². The van der Waals surface area contributed by atoms with Gasteiger partial charge in [-0.05, 0) is 0 Å². The molecule has 0 aliphatic rings. The number of rotatable bonds is 1. The van der Waals surface area contributed by atoms with E-state index in [1.165, 1.54) is 0 Å². The fraction of sp³-hybridized carbons (Fsp3) is 0. The Balaban J connectivity index is 3.53. The summed E-state index contributed by atoms with van der Waals surface area (Å²) in [4.78, 5) is 22.1. The first-order valence-corrected chi connectivity index (χ1v) is 2.68. The molecule has 0 radical (unpaired) electrons. The molecule has 0 aliphatic carbocycles. The summed E-state index contributed by atoms with van der Waals surface area (Å²) in [6, 6.07) is 0. The lowest BCUT2D eigenvalue weighted by Crippen LogP contribution is -2.14. The second kappa shape index (κ2) is 2.61. The van der Waals surface area contributed by atoms with Crippen molar-refractivity contribution in [1.82, 2.24) is 4.98 Å². The summed E-state index contributed by atoms with van der Waals surface area (Å²) in [5.74, 6) is -2.46. The van der Waals surface area contributed by atoms with Gasteiger partial charge in [-0.25, -0.2) is 4.39 Å². The lowest BCUT2D eigenvalue weighted by Gasteiger charge is -1.92. The van der Waals surface area contributed by atoms with Gasteiger partial charge in [0.05, 0.1) is 5.56 Å². The minimum Gasteiger partial charge on any atom is -0.324 e. The van der Waals surface area contributed by atoms with Crippen LogP contribution in [0.2, 0.25) is 0 Å². The molecule has 1 aromatic rings. The Morgan fingerprint density at radius 1 is 1.45 bits per heavy atom. The van der Waals surface area contributed by atoms with E-state index in [-0.39, 0.29) is 6.29 Å². The van der Waals surface area contributed by atoms with Gasteiger partial charge >= 0.3 is 0 Å². The monoisotopic (exact) mass is 159 g/mol. The van der Waals surface area contributed by atoms with Gasteiger partial charge in [0.25, 0.3) is 5.56 Å². The number of hydrogen-bond acceptors (Lipinski definition) is 2. The number of nitrogens with one attached hydrogen (secondary N) is 1. The standard InChI is InChI=1S/C6H3F2NO2/c7-4-1-9-6(11)5(8)3(4)2-10/h1-2H,(H,9,11). The molecule has 11 heavy (non-hydrogen) atoms. The zero-order valence-corrected chi connectivity index (χ0v) is 5.23. The zero-order chi connectivity index (χ0) is 8.43. The van der Waals surface area contributed by atoms with Crippen molar-refractivity contribution in [3.05, 3.63) is 33.7 Å². The predicted molar refractivity (Wildman–Crippen MR) is 32.4 cm³/mol. The van der Waals surface area contributed by atoms with E-state index in [1.54, 1.807) is 4.98 Å². The van der Waals surface area contributed by atoms with Crippen molar-refractivity contribution in [3.63, 3.8) is 0 Å². The summed E-state index contributed by atoms with van der Waals surface area (Å²) in [7, 11) is 0. The van der Waals surface area contributed by atoms with Crippen LogP contribution in [0.15, 0.2) is 11.0 Å². The lowest BCUT2D eigenvalue weighted by atomic mass is 10.3. The van der Waals surface area contributed by atoms with Crippen LogP contribution in [0.3, 0.4) is 0 Å². The topological polar surface area (TPSA) is 49.9 Å². The first-order valence-electron chi connectivity index (χ1n) is 2.68. The van der Waals surface area contributed by atoms with Crippen LogP contribution in [0.25, 0.3) is 0 Å². The van der Waals surface area contributed by atoms with Crippen LogP contribution in [0, 0.1) is 11.6 Å². The highest BCUT2D eigenvalue weighted by Crippen LogP contribution is 2.02. The van der Waals surface area contributed by atoms with Crippen molar-refractivity contribution in [1.29, 1.82) is 0 Å². The first kappa shape index (κ1) is 7.59. The Bertz CT molecular complexity index is 345. The molecule has 1 aromatic heterocycles. The normalized spacial score (nSPS) is 9.64. The summed E-state index contributed by atoms with van der Waals surface area (Å²) in [6.45, 7) is 0. The van der Waals surface area contributed by atoms with Crippen LogP contribution in [-0.4, -0.2) is 11.3 Å². The average molecular weight is 159 g/mol. The van der Waals surface area contributed by atoms with Crippen molar-refractivity contribution in [3.8, 4) is 0 Å². The Morgan fingerprint density at radius 3 is 2.55 bits per heavy atom. The predicted octanol–water partition coefficient (Wildman–Crippen LogP) is 0.466. The first-order chi connectivity index (χ1) is 5.16. The minimum absolute atomic E-state index is 0.0418. The van der Waals surface area contributed by atoms with Gasteiger partial charge in [0, 0.05) is 6.20 Å². The molecule has 0 amide bonds. The molecule has 1 N–H and O–H groups in total. The lowest BCUT2D eigenvalue weighted by molar-refractivity contribution is 0.111. The highest BCUT2D eigenvalue weighted by molar-refractivity contribution is 5.75. The Labute approximate surface area is 59.7 Å². The van der Waals surface area contributed by atoms with Crippen molar-refractivity contribution >= 4 is 6.29 Å². The van der Waals surface area contributed by atoms with Crippen molar-refractivity contribution in [2.45, 2.75) is 0 Å². The molecular formula is C6H3F2NO2. The number of carbonyl (C=O) groups is 1. The molecule has 1 rings (SSSR count). The Morgan fingerprint density at radius 2 is 2.09 bits per heavy atom. The molecule has 0 spiro atoms. The van der Waals surface area contributed by atoms with Gasteiger partial charge in [-0.2, -0.15) is 4.39 Å². The van der Waals surface area contributed by atoms with E-state index in [0.29, 0.717) is 6.20 Å². The van der Waals surface area contributed by atoms with Gasteiger partial charge in [0.15, 0.2) is 12.1 Å². The van der Waals surface area contributed by atoms with Gasteiger partial charge in [-0.1, -0.05) is 0 Å². The van der Waals surface area contributed by atoms with E-state index >= 15 is 0 Å². The van der Waals surface area contributed by atoms with E-state index in [4.69, 9.17) is 0 Å². The van der Waals surface area contributed by atoms with Crippen molar-refractivity contribution in [2.24, 2.45) is 0 Å². The van der Waals surface area contributed by atoms with Crippen LogP contribution in [0.4, 0.5) is 8.78 Å². The van der Waals surface area contributed by atoms with E-state index < -0.39 is 22.8 Å². The van der Waals surface area contributed by atoms with E-state index in [1.807, 2.05) is 0 Å². The second-order valence-electron chi connectivity index (χ2n) is 1.81. The summed E-state index contributed by atoms with van der Waals surface area (Å²) in [5, 5.41) is 0. The molecule has 5 heteroatoms. The number of H-pyrrole nitrogens is 1. The molecule has 0 saturated heterocycles. The molecule has 0 fully saturated rings. The van der Waals surface area contributed by atoms with E-state index in [9.17, 15) is 18.4 Å². The maximum atomic E-state index is 12.4. The van der Waals surface area contributed by atoms with Crippen LogP contribution in [-0.2, 0) is 0 Å². The third-order valence-electron chi connectivity index (χ3n) is 1.14. The van der Waals surface area contributed by atoms with Gasteiger partial charge in [0.2, 0.25) is 5.82 Å². The number of hydrogen-bond donors (Lipinski definition) is 1. The maximum absolute atomic E-state index is 12.4. The SMILES string of the molecule is O=Cc1c(F)c[nH]c(=O)c1F. The summed E-state index contributed by atoms with van der Waals surface area (Å²) >= 11 is 0. The molecule has 58 valence electrons. The number of aromatic amines is 1. The highest BCUT2D eigenvalue weighted by atomic mass is 19.1. The number of halogens is 2. The largest absolute Gasteiger partial charge is 0.324 e. The molecule has 1 heterocycles. The van der Waals surface area contributed by atoms with Gasteiger partial charge in [-0.15, -0.1) is 0 Å². The summed E-state index contributed by atoms with van der Waals surface area (Å²) in [5.41, 5.74) is -1.94. The summed E-state index contributed by atoms with van der Waals surface area (Å²) < 4.78 is 24.8. The molecule has 3 nitrogen and oxygen atoms in total. The molecule has 0 bridgehead atoms. The van der Waals surface area contributed by atoms with Crippen LogP contribution in [0.5, 0.6) is 0 Å². The maximum Gasteiger partial charge on any atom is 0.284 e. The smallest absolute Gasteiger partial charge is 0.284 e. The zero-order valence-electron chi connectivity index (χ0n) is 5.23. The Hall–Kier alpha value is -1.52. The second-order valence-corrected chi connectivity index (χ2v) is 1.81. The minimum atomic E-state index is -1.39. The fourth-order valence-electron chi connectivity index (χ4n) is 0.605. The summed E-state index contributed by atoms with van der Waals surface area (Å²) in [6.07, 6.45) is 0.592. The molecule has 0 saturated carbocycles. The average Bonchev–Trinajstić information content (AvgIpc) is 1.99. The van der Waals surface area contributed by atoms with Gasteiger partial charge < -0.3 is 4.98 Å².